The number of nitrogens with zero attached hydrogens (tertiary/aromatic N) is 3. The van der Waals surface area contributed by atoms with Gasteiger partial charge in [-0.05, 0) is 57.2 Å². The van der Waals surface area contributed by atoms with Gasteiger partial charge in [0.25, 0.3) is 0 Å². The predicted molar refractivity (Wildman–Crippen MR) is 108 cm³/mol. The van der Waals surface area contributed by atoms with E-state index in [1.165, 1.54) is 11.8 Å². The molecule has 0 spiro atoms. The van der Waals surface area contributed by atoms with Gasteiger partial charge in [0.2, 0.25) is 5.91 Å². The van der Waals surface area contributed by atoms with E-state index in [0.29, 0.717) is 5.16 Å². The van der Waals surface area contributed by atoms with Crippen molar-refractivity contribution in [3.05, 3.63) is 59.9 Å². The van der Waals surface area contributed by atoms with Gasteiger partial charge in [-0.15, -0.1) is 10.2 Å². The molecule has 3 aromatic rings. The third-order valence-corrected chi connectivity index (χ3v) is 5.14. The maximum absolute atomic E-state index is 12.5. The highest BCUT2D eigenvalue weighted by Gasteiger charge is 2.20. The van der Waals surface area contributed by atoms with Crippen LogP contribution in [-0.4, -0.2) is 33.0 Å². The summed E-state index contributed by atoms with van der Waals surface area (Å²) < 4.78 is 7.14. The van der Waals surface area contributed by atoms with Crippen LogP contribution >= 0.6 is 11.8 Å². The highest BCUT2D eigenvalue weighted by molar-refractivity contribution is 8.00. The molecule has 0 radical (unpaired) electrons. The summed E-state index contributed by atoms with van der Waals surface area (Å²) in [6.07, 6.45) is 0. The number of anilines is 1. The van der Waals surface area contributed by atoms with Crippen LogP contribution in [0.1, 0.15) is 18.3 Å². The lowest BCUT2D eigenvalue weighted by Crippen LogP contribution is -2.22. The first kappa shape index (κ1) is 19.0. The third-order valence-electron chi connectivity index (χ3n) is 4.10. The number of carbonyl (C=O) groups is 1. The van der Waals surface area contributed by atoms with Gasteiger partial charge >= 0.3 is 0 Å². The van der Waals surface area contributed by atoms with E-state index in [0.717, 1.165) is 28.5 Å². The van der Waals surface area contributed by atoms with Crippen LogP contribution in [0, 0.1) is 13.8 Å². The number of hydrogen-bond donors (Lipinski definition) is 1. The van der Waals surface area contributed by atoms with Gasteiger partial charge in [0.05, 0.1) is 12.4 Å². The van der Waals surface area contributed by atoms with Gasteiger partial charge in [-0.2, -0.15) is 0 Å². The Labute approximate surface area is 163 Å². The number of aryl methyl sites for hydroxylation is 2. The minimum atomic E-state index is -0.327. The summed E-state index contributed by atoms with van der Waals surface area (Å²) >= 11 is 1.37. The molecule has 140 valence electrons. The normalized spacial score (nSPS) is 11.9. The van der Waals surface area contributed by atoms with Crippen molar-refractivity contribution in [1.82, 2.24) is 14.8 Å². The van der Waals surface area contributed by atoms with Crippen molar-refractivity contribution >= 4 is 23.4 Å². The molecule has 1 N–H and O–H groups in total. The number of nitrogens with one attached hydrogen (secondary N) is 1. The van der Waals surface area contributed by atoms with Crippen molar-refractivity contribution in [1.29, 1.82) is 0 Å². The Morgan fingerprint density at radius 2 is 1.74 bits per heavy atom. The Morgan fingerprint density at radius 1 is 1.07 bits per heavy atom. The topological polar surface area (TPSA) is 69.0 Å². The Hall–Kier alpha value is -2.80. The summed E-state index contributed by atoms with van der Waals surface area (Å²) in [5, 5.41) is 11.7. The molecular formula is C20H22N4O2S. The molecule has 0 aliphatic carbocycles. The second-order valence-corrected chi connectivity index (χ2v) is 7.49. The van der Waals surface area contributed by atoms with Crippen molar-refractivity contribution in [2.75, 3.05) is 12.4 Å². The molecule has 3 rings (SSSR count). The number of aromatic nitrogens is 3. The number of amides is 1. The van der Waals surface area contributed by atoms with Crippen molar-refractivity contribution in [3.8, 4) is 11.4 Å². The maximum atomic E-state index is 12.5. The van der Waals surface area contributed by atoms with Crippen LogP contribution in [0.2, 0.25) is 0 Å². The van der Waals surface area contributed by atoms with Crippen molar-refractivity contribution < 1.29 is 9.53 Å². The summed E-state index contributed by atoms with van der Waals surface area (Å²) in [7, 11) is 1.63. The number of ether oxygens (including phenoxy) is 1. The van der Waals surface area contributed by atoms with E-state index in [1.54, 1.807) is 7.11 Å². The standard InChI is InChI=1S/C20H22N4O2S/c1-13-5-7-16(8-6-13)21-19(25)14(2)27-20-23-22-15(3)24(20)17-9-11-18(26-4)12-10-17/h5-12,14H,1-4H3,(H,21,25). The Balaban J connectivity index is 1.75. The van der Waals surface area contributed by atoms with Crippen LogP contribution in [0.5, 0.6) is 5.75 Å². The zero-order valence-electron chi connectivity index (χ0n) is 15.8. The molecule has 7 heteroatoms. The quantitative estimate of drug-likeness (QED) is 0.652. The lowest BCUT2D eigenvalue weighted by molar-refractivity contribution is -0.115. The molecule has 1 unspecified atom stereocenters. The lowest BCUT2D eigenvalue weighted by atomic mass is 10.2. The summed E-state index contributed by atoms with van der Waals surface area (Å²) in [6, 6.07) is 15.4. The van der Waals surface area contributed by atoms with Crippen LogP contribution in [0.4, 0.5) is 5.69 Å². The van der Waals surface area contributed by atoms with Gasteiger partial charge in [0.15, 0.2) is 5.16 Å². The van der Waals surface area contributed by atoms with Gasteiger partial charge in [-0.1, -0.05) is 29.5 Å². The molecule has 0 fully saturated rings. The molecule has 0 bridgehead atoms. The summed E-state index contributed by atoms with van der Waals surface area (Å²) in [5.74, 6) is 1.46. The van der Waals surface area contributed by atoms with Gasteiger partial charge < -0.3 is 10.1 Å². The number of methoxy groups -OCH3 is 1. The maximum Gasteiger partial charge on any atom is 0.237 e. The van der Waals surface area contributed by atoms with E-state index in [-0.39, 0.29) is 11.2 Å². The van der Waals surface area contributed by atoms with Gasteiger partial charge in [-0.3, -0.25) is 9.36 Å². The van der Waals surface area contributed by atoms with Gasteiger partial charge in [0.1, 0.15) is 11.6 Å². The fourth-order valence-electron chi connectivity index (χ4n) is 2.54. The lowest BCUT2D eigenvalue weighted by Gasteiger charge is -2.13. The first-order valence-electron chi connectivity index (χ1n) is 8.58. The van der Waals surface area contributed by atoms with E-state index in [2.05, 4.69) is 15.5 Å². The van der Waals surface area contributed by atoms with Crippen LogP contribution in [0.3, 0.4) is 0 Å². The zero-order chi connectivity index (χ0) is 19.4. The second kappa shape index (κ2) is 8.26. The van der Waals surface area contributed by atoms with E-state index in [9.17, 15) is 4.79 Å². The summed E-state index contributed by atoms with van der Waals surface area (Å²) in [5.41, 5.74) is 2.86. The molecule has 0 aliphatic heterocycles. The van der Waals surface area contributed by atoms with Crippen LogP contribution in [0.25, 0.3) is 5.69 Å². The number of thioether (sulfide) groups is 1. The highest BCUT2D eigenvalue weighted by Crippen LogP contribution is 2.27. The molecule has 0 saturated carbocycles. The van der Waals surface area contributed by atoms with Crippen LogP contribution < -0.4 is 10.1 Å². The fraction of sp³-hybridized carbons (Fsp3) is 0.250. The molecule has 1 aromatic heterocycles. The van der Waals surface area contributed by atoms with Crippen molar-refractivity contribution in [3.63, 3.8) is 0 Å². The van der Waals surface area contributed by atoms with Gasteiger partial charge in [-0.25, -0.2) is 0 Å². The van der Waals surface area contributed by atoms with E-state index >= 15 is 0 Å². The molecule has 27 heavy (non-hydrogen) atoms. The summed E-state index contributed by atoms with van der Waals surface area (Å²) in [4.78, 5) is 12.5. The predicted octanol–water partition coefficient (Wildman–Crippen LogP) is 4.01. The SMILES string of the molecule is COc1ccc(-n2c(C)nnc2SC(C)C(=O)Nc2ccc(C)cc2)cc1. The van der Waals surface area contributed by atoms with E-state index < -0.39 is 0 Å². The van der Waals surface area contributed by atoms with E-state index in [4.69, 9.17) is 4.74 Å². The molecule has 0 aliphatic rings. The molecule has 6 nitrogen and oxygen atoms in total. The second-order valence-electron chi connectivity index (χ2n) is 6.18. The largest absolute Gasteiger partial charge is 0.497 e. The molecule has 1 atom stereocenters. The molecule has 1 amide bonds. The minimum absolute atomic E-state index is 0.0780. The summed E-state index contributed by atoms with van der Waals surface area (Å²) in [6.45, 7) is 5.76. The minimum Gasteiger partial charge on any atom is -0.497 e. The zero-order valence-corrected chi connectivity index (χ0v) is 16.6. The number of hydrogen-bond acceptors (Lipinski definition) is 5. The van der Waals surface area contributed by atoms with Crippen molar-refractivity contribution in [2.45, 2.75) is 31.2 Å². The van der Waals surface area contributed by atoms with Crippen molar-refractivity contribution in [2.24, 2.45) is 0 Å². The smallest absolute Gasteiger partial charge is 0.237 e. The van der Waals surface area contributed by atoms with Crippen LogP contribution in [0.15, 0.2) is 53.7 Å². The molecular weight excluding hydrogens is 360 g/mol. The highest BCUT2D eigenvalue weighted by atomic mass is 32.2. The monoisotopic (exact) mass is 382 g/mol. The first-order chi connectivity index (χ1) is 13.0. The molecule has 2 aromatic carbocycles. The third kappa shape index (κ3) is 4.49. The number of carbonyl (C=O) groups excluding carboxylic acids is 1. The van der Waals surface area contributed by atoms with Crippen LogP contribution in [-0.2, 0) is 4.79 Å². The molecule has 1 heterocycles. The Morgan fingerprint density at radius 3 is 2.37 bits per heavy atom. The molecule has 0 saturated heterocycles. The number of rotatable bonds is 6. The number of benzene rings is 2. The Bertz CT molecular complexity index is 920. The Kier molecular flexibility index (Phi) is 5.81. The average molecular weight is 382 g/mol. The van der Waals surface area contributed by atoms with Gasteiger partial charge in [0, 0.05) is 11.4 Å². The first-order valence-corrected chi connectivity index (χ1v) is 9.46. The van der Waals surface area contributed by atoms with E-state index in [1.807, 2.05) is 73.9 Å². The fourth-order valence-corrected chi connectivity index (χ4v) is 3.45. The average Bonchev–Trinajstić information content (AvgIpc) is 3.03.